The van der Waals surface area contributed by atoms with Crippen LogP contribution in [-0.4, -0.2) is 10.1 Å². The normalized spacial score (nSPS) is 10.2. The van der Waals surface area contributed by atoms with Crippen LogP contribution in [0, 0.1) is 12.7 Å². The number of nitrogens with one attached hydrogen (secondary N) is 2. The summed E-state index contributed by atoms with van der Waals surface area (Å²) in [5.74, 6) is 0.440. The van der Waals surface area contributed by atoms with Crippen molar-refractivity contribution in [3.05, 3.63) is 83.8 Å². The van der Waals surface area contributed by atoms with E-state index in [-0.39, 0.29) is 5.82 Å². The molecule has 0 radical (unpaired) electrons. The van der Waals surface area contributed by atoms with Crippen molar-refractivity contribution in [2.45, 2.75) is 13.5 Å². The SMILES string of the molecule is Cc1ccc(NC(=S)NCc2cccnc2Oc2cccc(F)c2)cc1. The van der Waals surface area contributed by atoms with Crippen LogP contribution < -0.4 is 15.4 Å². The molecule has 0 aliphatic rings. The minimum absolute atomic E-state index is 0.360. The van der Waals surface area contributed by atoms with Crippen LogP contribution in [0.4, 0.5) is 10.1 Å². The second kappa shape index (κ2) is 8.40. The van der Waals surface area contributed by atoms with Gasteiger partial charge >= 0.3 is 0 Å². The molecule has 4 nitrogen and oxygen atoms in total. The number of nitrogens with zero attached hydrogens (tertiary/aromatic N) is 1. The molecule has 0 fully saturated rings. The van der Waals surface area contributed by atoms with Gasteiger partial charge in [-0.05, 0) is 49.5 Å². The van der Waals surface area contributed by atoms with Crippen molar-refractivity contribution in [2.75, 3.05) is 5.32 Å². The lowest BCUT2D eigenvalue weighted by molar-refractivity contribution is 0.451. The van der Waals surface area contributed by atoms with Crippen LogP contribution in [0.5, 0.6) is 11.6 Å². The summed E-state index contributed by atoms with van der Waals surface area (Å²) in [5.41, 5.74) is 2.91. The van der Waals surface area contributed by atoms with E-state index in [1.807, 2.05) is 43.3 Å². The number of pyridine rings is 1. The number of halogens is 1. The van der Waals surface area contributed by atoms with E-state index < -0.39 is 0 Å². The van der Waals surface area contributed by atoms with Gasteiger partial charge in [0.05, 0.1) is 0 Å². The quantitative estimate of drug-likeness (QED) is 0.634. The molecular weight excluding hydrogens is 349 g/mol. The molecular formula is C20H18FN3OS. The first-order chi connectivity index (χ1) is 12.6. The Kier molecular flexibility index (Phi) is 5.76. The molecule has 132 valence electrons. The van der Waals surface area contributed by atoms with E-state index in [0.717, 1.165) is 11.3 Å². The molecule has 0 aliphatic carbocycles. The largest absolute Gasteiger partial charge is 0.439 e. The second-order valence-electron chi connectivity index (χ2n) is 5.70. The number of rotatable bonds is 5. The Morgan fingerprint density at radius 3 is 2.69 bits per heavy atom. The van der Waals surface area contributed by atoms with Gasteiger partial charge in [-0.2, -0.15) is 0 Å². The van der Waals surface area contributed by atoms with Gasteiger partial charge in [0.25, 0.3) is 0 Å². The van der Waals surface area contributed by atoms with Crippen LogP contribution >= 0.6 is 12.2 Å². The number of hydrogen-bond donors (Lipinski definition) is 2. The Morgan fingerprint density at radius 1 is 1.12 bits per heavy atom. The molecule has 3 aromatic rings. The Hall–Kier alpha value is -2.99. The molecule has 0 saturated heterocycles. The van der Waals surface area contributed by atoms with E-state index in [4.69, 9.17) is 17.0 Å². The molecule has 1 heterocycles. The van der Waals surface area contributed by atoms with Gasteiger partial charge in [-0.15, -0.1) is 0 Å². The van der Waals surface area contributed by atoms with Gasteiger partial charge in [0.2, 0.25) is 5.88 Å². The van der Waals surface area contributed by atoms with Crippen LogP contribution in [-0.2, 0) is 6.54 Å². The van der Waals surface area contributed by atoms with E-state index in [2.05, 4.69) is 15.6 Å². The van der Waals surface area contributed by atoms with Gasteiger partial charge in [-0.1, -0.05) is 29.8 Å². The maximum absolute atomic E-state index is 13.3. The number of ether oxygens (including phenoxy) is 1. The standard InChI is InChI=1S/C20H18FN3OS/c1-14-7-9-17(10-8-14)24-20(26)23-13-15-4-3-11-22-19(15)25-18-6-2-5-16(21)12-18/h2-12H,13H2,1H3,(H2,23,24,26). The molecule has 0 saturated carbocycles. The van der Waals surface area contributed by atoms with Crippen molar-refractivity contribution in [1.29, 1.82) is 0 Å². The first-order valence-electron chi connectivity index (χ1n) is 8.09. The number of anilines is 1. The second-order valence-corrected chi connectivity index (χ2v) is 6.11. The zero-order valence-corrected chi connectivity index (χ0v) is 15.0. The highest BCUT2D eigenvalue weighted by Gasteiger charge is 2.08. The van der Waals surface area contributed by atoms with E-state index in [0.29, 0.717) is 23.3 Å². The highest BCUT2D eigenvalue weighted by Crippen LogP contribution is 2.23. The molecule has 1 aromatic heterocycles. The summed E-state index contributed by atoms with van der Waals surface area (Å²) >= 11 is 5.33. The monoisotopic (exact) mass is 367 g/mol. The van der Waals surface area contributed by atoms with Gasteiger partial charge in [0, 0.05) is 30.1 Å². The minimum Gasteiger partial charge on any atom is -0.439 e. The maximum atomic E-state index is 13.3. The average Bonchev–Trinajstić information content (AvgIpc) is 2.63. The fraction of sp³-hybridized carbons (Fsp3) is 0.100. The van der Waals surface area contributed by atoms with E-state index >= 15 is 0 Å². The molecule has 0 bridgehead atoms. The lowest BCUT2D eigenvalue weighted by Crippen LogP contribution is -2.28. The zero-order valence-electron chi connectivity index (χ0n) is 14.2. The average molecular weight is 367 g/mol. The third kappa shape index (κ3) is 5.00. The molecule has 2 aromatic carbocycles. The van der Waals surface area contributed by atoms with Gasteiger partial charge in [0.15, 0.2) is 5.11 Å². The molecule has 0 spiro atoms. The number of aryl methyl sites for hydroxylation is 1. The molecule has 6 heteroatoms. The molecule has 26 heavy (non-hydrogen) atoms. The summed E-state index contributed by atoms with van der Waals surface area (Å²) in [4.78, 5) is 4.23. The number of benzene rings is 2. The van der Waals surface area contributed by atoms with Crippen molar-refractivity contribution >= 4 is 23.0 Å². The summed E-state index contributed by atoms with van der Waals surface area (Å²) in [6.45, 7) is 2.46. The zero-order chi connectivity index (χ0) is 18.4. The Morgan fingerprint density at radius 2 is 1.92 bits per heavy atom. The lowest BCUT2D eigenvalue weighted by atomic mass is 10.2. The third-order valence-corrected chi connectivity index (χ3v) is 3.86. The van der Waals surface area contributed by atoms with E-state index in [9.17, 15) is 4.39 Å². The molecule has 0 amide bonds. The molecule has 3 rings (SSSR count). The predicted octanol–water partition coefficient (Wildman–Crippen LogP) is 4.81. The van der Waals surface area contributed by atoms with E-state index in [1.165, 1.54) is 17.7 Å². The maximum Gasteiger partial charge on any atom is 0.224 e. The van der Waals surface area contributed by atoms with Gasteiger partial charge in [0.1, 0.15) is 11.6 Å². The topological polar surface area (TPSA) is 46.2 Å². The van der Waals surface area contributed by atoms with Crippen molar-refractivity contribution in [1.82, 2.24) is 10.3 Å². The molecule has 0 unspecified atom stereocenters. The molecule has 2 N–H and O–H groups in total. The van der Waals surface area contributed by atoms with Crippen LogP contribution in [0.25, 0.3) is 0 Å². The first-order valence-corrected chi connectivity index (χ1v) is 8.50. The fourth-order valence-corrected chi connectivity index (χ4v) is 2.47. The minimum atomic E-state index is -0.360. The highest BCUT2D eigenvalue weighted by atomic mass is 32.1. The molecule has 0 aliphatic heterocycles. The van der Waals surface area contributed by atoms with Crippen LogP contribution in [0.15, 0.2) is 66.9 Å². The summed E-state index contributed by atoms with van der Waals surface area (Å²) < 4.78 is 19.0. The fourth-order valence-electron chi connectivity index (χ4n) is 2.28. The first kappa shape index (κ1) is 17.8. The third-order valence-electron chi connectivity index (χ3n) is 3.61. The molecule has 0 atom stereocenters. The van der Waals surface area contributed by atoms with Gasteiger partial charge < -0.3 is 15.4 Å². The van der Waals surface area contributed by atoms with Crippen molar-refractivity contribution < 1.29 is 9.13 Å². The van der Waals surface area contributed by atoms with Crippen LogP contribution in [0.1, 0.15) is 11.1 Å². The highest BCUT2D eigenvalue weighted by molar-refractivity contribution is 7.80. The van der Waals surface area contributed by atoms with Crippen LogP contribution in [0.3, 0.4) is 0 Å². The van der Waals surface area contributed by atoms with Gasteiger partial charge in [-0.3, -0.25) is 0 Å². The summed E-state index contributed by atoms with van der Waals surface area (Å²) in [6.07, 6.45) is 1.63. The number of aromatic nitrogens is 1. The van der Waals surface area contributed by atoms with E-state index in [1.54, 1.807) is 18.3 Å². The number of hydrogen-bond acceptors (Lipinski definition) is 3. The summed E-state index contributed by atoms with van der Waals surface area (Å²) in [5, 5.41) is 6.75. The Bertz CT molecular complexity index is 900. The Balaban J connectivity index is 1.62. The van der Waals surface area contributed by atoms with Gasteiger partial charge in [-0.25, -0.2) is 9.37 Å². The Labute approximate surface area is 157 Å². The summed E-state index contributed by atoms with van der Waals surface area (Å²) in [6, 6.07) is 17.6. The van der Waals surface area contributed by atoms with Crippen molar-refractivity contribution in [3.8, 4) is 11.6 Å². The summed E-state index contributed by atoms with van der Waals surface area (Å²) in [7, 11) is 0. The smallest absolute Gasteiger partial charge is 0.224 e. The van der Waals surface area contributed by atoms with Crippen molar-refractivity contribution in [3.63, 3.8) is 0 Å². The van der Waals surface area contributed by atoms with Crippen molar-refractivity contribution in [2.24, 2.45) is 0 Å². The predicted molar refractivity (Wildman–Crippen MR) is 105 cm³/mol. The van der Waals surface area contributed by atoms with Crippen LogP contribution in [0.2, 0.25) is 0 Å². The lowest BCUT2D eigenvalue weighted by Gasteiger charge is -2.13. The number of thiocarbonyl (C=S) groups is 1.